The molecule has 0 saturated heterocycles. The fourth-order valence-corrected chi connectivity index (χ4v) is 1.50. The fourth-order valence-electron chi connectivity index (χ4n) is 1.50. The van der Waals surface area contributed by atoms with E-state index < -0.39 is 5.60 Å². The topological polar surface area (TPSA) is 45.1 Å². The van der Waals surface area contributed by atoms with E-state index in [1.165, 1.54) is 0 Å². The number of aliphatic hydroxyl groups is 1. The number of aromatic nitrogens is 1. The van der Waals surface area contributed by atoms with Gasteiger partial charge in [-0.15, -0.1) is 0 Å². The largest absolute Gasteiger partial charge is 0.388 e. The maximum atomic E-state index is 9.79. The summed E-state index contributed by atoms with van der Waals surface area (Å²) >= 11 is 0. The van der Waals surface area contributed by atoms with Crippen LogP contribution in [0.2, 0.25) is 0 Å². The Morgan fingerprint density at radius 3 is 2.92 bits per heavy atom. The van der Waals surface area contributed by atoms with Gasteiger partial charge >= 0.3 is 0 Å². The SMILES string of the molecule is OC1(CNc2cccnc2)CCC1. The van der Waals surface area contributed by atoms with E-state index in [1.54, 1.807) is 12.4 Å². The van der Waals surface area contributed by atoms with Crippen molar-refractivity contribution < 1.29 is 5.11 Å². The molecule has 1 aliphatic carbocycles. The number of nitrogens with zero attached hydrogens (tertiary/aromatic N) is 1. The minimum atomic E-state index is -0.462. The minimum absolute atomic E-state index is 0.462. The smallest absolute Gasteiger partial charge is 0.0819 e. The maximum absolute atomic E-state index is 9.79. The molecule has 0 radical (unpaired) electrons. The van der Waals surface area contributed by atoms with Gasteiger partial charge in [-0.1, -0.05) is 0 Å². The predicted octanol–water partition coefficient (Wildman–Crippen LogP) is 1.41. The first-order valence-electron chi connectivity index (χ1n) is 4.65. The van der Waals surface area contributed by atoms with E-state index in [1.807, 2.05) is 12.1 Å². The van der Waals surface area contributed by atoms with Crippen molar-refractivity contribution in [2.24, 2.45) is 0 Å². The van der Waals surface area contributed by atoms with Crippen molar-refractivity contribution >= 4 is 5.69 Å². The zero-order chi connectivity index (χ0) is 9.15. The molecule has 1 saturated carbocycles. The molecular weight excluding hydrogens is 164 g/mol. The third-order valence-corrected chi connectivity index (χ3v) is 2.57. The summed E-state index contributed by atoms with van der Waals surface area (Å²) < 4.78 is 0. The van der Waals surface area contributed by atoms with Gasteiger partial charge in [0.25, 0.3) is 0 Å². The molecule has 0 amide bonds. The normalized spacial score (nSPS) is 19.2. The molecule has 3 nitrogen and oxygen atoms in total. The molecular formula is C10H14N2O. The number of nitrogens with one attached hydrogen (secondary N) is 1. The van der Waals surface area contributed by atoms with Crippen molar-refractivity contribution in [2.45, 2.75) is 24.9 Å². The Labute approximate surface area is 77.8 Å². The summed E-state index contributed by atoms with van der Waals surface area (Å²) in [6.07, 6.45) is 6.48. The third kappa shape index (κ3) is 1.98. The molecule has 0 aromatic carbocycles. The first kappa shape index (κ1) is 8.51. The van der Waals surface area contributed by atoms with Crippen LogP contribution < -0.4 is 5.32 Å². The number of anilines is 1. The summed E-state index contributed by atoms with van der Waals surface area (Å²) in [6, 6.07) is 3.84. The van der Waals surface area contributed by atoms with Crippen molar-refractivity contribution in [2.75, 3.05) is 11.9 Å². The Kier molecular flexibility index (Phi) is 2.19. The van der Waals surface area contributed by atoms with Crippen LogP contribution in [0, 0.1) is 0 Å². The molecule has 3 heteroatoms. The van der Waals surface area contributed by atoms with Gasteiger partial charge in [0.15, 0.2) is 0 Å². The average molecular weight is 178 g/mol. The third-order valence-electron chi connectivity index (χ3n) is 2.57. The second-order valence-electron chi connectivity index (χ2n) is 3.67. The van der Waals surface area contributed by atoms with Crippen LogP contribution in [0.15, 0.2) is 24.5 Å². The van der Waals surface area contributed by atoms with E-state index in [0.717, 1.165) is 24.9 Å². The van der Waals surface area contributed by atoms with Gasteiger partial charge in [0.05, 0.1) is 11.3 Å². The van der Waals surface area contributed by atoms with Crippen LogP contribution in [0.3, 0.4) is 0 Å². The fraction of sp³-hybridized carbons (Fsp3) is 0.500. The van der Waals surface area contributed by atoms with Gasteiger partial charge in [-0.3, -0.25) is 4.98 Å². The standard InChI is InChI=1S/C10H14N2O/c13-10(4-2-5-10)8-12-9-3-1-6-11-7-9/h1,3,6-7,12-13H,2,4-5,8H2. The van der Waals surface area contributed by atoms with Gasteiger partial charge in [-0.05, 0) is 31.4 Å². The molecule has 1 fully saturated rings. The molecule has 0 aliphatic heterocycles. The predicted molar refractivity (Wildman–Crippen MR) is 51.5 cm³/mol. The molecule has 1 aliphatic rings. The first-order valence-corrected chi connectivity index (χ1v) is 4.65. The lowest BCUT2D eigenvalue weighted by Gasteiger charge is -2.36. The highest BCUT2D eigenvalue weighted by atomic mass is 16.3. The van der Waals surface area contributed by atoms with Crippen molar-refractivity contribution in [3.63, 3.8) is 0 Å². The molecule has 70 valence electrons. The Bertz CT molecular complexity index is 270. The molecule has 13 heavy (non-hydrogen) atoms. The molecule has 0 unspecified atom stereocenters. The molecule has 0 atom stereocenters. The molecule has 0 spiro atoms. The zero-order valence-electron chi connectivity index (χ0n) is 7.53. The summed E-state index contributed by atoms with van der Waals surface area (Å²) in [6.45, 7) is 0.638. The molecule has 2 N–H and O–H groups in total. The van der Waals surface area contributed by atoms with Crippen LogP contribution in [-0.2, 0) is 0 Å². The van der Waals surface area contributed by atoms with E-state index in [9.17, 15) is 5.11 Å². The highest BCUT2D eigenvalue weighted by molar-refractivity contribution is 5.40. The molecule has 1 heterocycles. The number of rotatable bonds is 3. The molecule has 1 aromatic rings. The van der Waals surface area contributed by atoms with Gasteiger partial charge in [0.2, 0.25) is 0 Å². The lowest BCUT2D eigenvalue weighted by Crippen LogP contribution is -2.43. The van der Waals surface area contributed by atoms with E-state index in [0.29, 0.717) is 6.54 Å². The quantitative estimate of drug-likeness (QED) is 0.735. The highest BCUT2D eigenvalue weighted by Crippen LogP contribution is 2.31. The lowest BCUT2D eigenvalue weighted by molar-refractivity contribution is -0.0202. The van der Waals surface area contributed by atoms with Crippen LogP contribution in [0.1, 0.15) is 19.3 Å². The summed E-state index contributed by atoms with van der Waals surface area (Å²) in [4.78, 5) is 3.99. The highest BCUT2D eigenvalue weighted by Gasteiger charge is 2.33. The van der Waals surface area contributed by atoms with Crippen molar-refractivity contribution in [3.8, 4) is 0 Å². The second-order valence-corrected chi connectivity index (χ2v) is 3.67. The minimum Gasteiger partial charge on any atom is -0.388 e. The monoisotopic (exact) mass is 178 g/mol. The molecule has 0 bridgehead atoms. The number of hydrogen-bond acceptors (Lipinski definition) is 3. The summed E-state index contributed by atoms with van der Waals surface area (Å²) in [7, 11) is 0. The van der Waals surface area contributed by atoms with E-state index >= 15 is 0 Å². The summed E-state index contributed by atoms with van der Waals surface area (Å²) in [5, 5.41) is 13.0. The molecule has 1 aromatic heterocycles. The van der Waals surface area contributed by atoms with Crippen molar-refractivity contribution in [3.05, 3.63) is 24.5 Å². The second kappa shape index (κ2) is 3.34. The van der Waals surface area contributed by atoms with Gasteiger partial charge in [-0.25, -0.2) is 0 Å². The number of hydrogen-bond donors (Lipinski definition) is 2. The van der Waals surface area contributed by atoms with E-state index in [2.05, 4.69) is 10.3 Å². The number of pyridine rings is 1. The Hall–Kier alpha value is -1.09. The molecule has 2 rings (SSSR count). The average Bonchev–Trinajstić information content (AvgIpc) is 2.13. The first-order chi connectivity index (χ1) is 6.29. The van der Waals surface area contributed by atoms with Gasteiger partial charge in [0.1, 0.15) is 0 Å². The van der Waals surface area contributed by atoms with Crippen LogP contribution in [0.5, 0.6) is 0 Å². The van der Waals surface area contributed by atoms with Gasteiger partial charge in [0, 0.05) is 18.9 Å². The Balaban J connectivity index is 1.86. The van der Waals surface area contributed by atoms with Crippen LogP contribution in [0.4, 0.5) is 5.69 Å². The van der Waals surface area contributed by atoms with Crippen LogP contribution >= 0.6 is 0 Å². The van der Waals surface area contributed by atoms with E-state index in [4.69, 9.17) is 0 Å². The summed E-state index contributed by atoms with van der Waals surface area (Å²) in [5.41, 5.74) is 0.512. The Morgan fingerprint density at radius 2 is 2.38 bits per heavy atom. The Morgan fingerprint density at radius 1 is 1.54 bits per heavy atom. The summed E-state index contributed by atoms with van der Waals surface area (Å²) in [5.74, 6) is 0. The van der Waals surface area contributed by atoms with Crippen LogP contribution in [-0.4, -0.2) is 22.2 Å². The zero-order valence-corrected chi connectivity index (χ0v) is 7.53. The van der Waals surface area contributed by atoms with Gasteiger partial charge in [-0.2, -0.15) is 0 Å². The van der Waals surface area contributed by atoms with Crippen molar-refractivity contribution in [1.82, 2.24) is 4.98 Å². The van der Waals surface area contributed by atoms with E-state index in [-0.39, 0.29) is 0 Å². The van der Waals surface area contributed by atoms with Crippen molar-refractivity contribution in [1.29, 1.82) is 0 Å². The van der Waals surface area contributed by atoms with Gasteiger partial charge < -0.3 is 10.4 Å². The lowest BCUT2D eigenvalue weighted by atomic mass is 9.80. The van der Waals surface area contributed by atoms with Crippen LogP contribution in [0.25, 0.3) is 0 Å². The maximum Gasteiger partial charge on any atom is 0.0819 e.